The van der Waals surface area contributed by atoms with Crippen molar-refractivity contribution < 1.29 is 26.7 Å². The monoisotopic (exact) mass is 304 g/mol. The molecule has 21 heavy (non-hydrogen) atoms. The van der Waals surface area contributed by atoms with Crippen molar-refractivity contribution in [2.24, 2.45) is 5.92 Å². The Morgan fingerprint density at radius 1 is 1.14 bits per heavy atom. The van der Waals surface area contributed by atoms with Gasteiger partial charge in [-0.1, -0.05) is 12.8 Å². The first kappa shape index (κ1) is 15.8. The highest BCUT2D eigenvalue weighted by atomic mass is 19.4. The second-order valence-corrected chi connectivity index (χ2v) is 5.11. The smallest absolute Gasteiger partial charge is 0.373 e. The number of hydrogen-bond donors (Lipinski definition) is 0. The van der Waals surface area contributed by atoms with Gasteiger partial charge in [-0.15, -0.1) is 0 Å². The standard InChI is InChI=1S/C15H13F5O/c1-9-2-3-14(21-8-9)10-6-12(16)11(13(17)7-10)4-5-15(18,19)20/h6-7,9,14H,2-3,8H2,1H3. The van der Waals surface area contributed by atoms with E-state index in [1.807, 2.05) is 6.92 Å². The molecule has 1 aliphatic heterocycles. The van der Waals surface area contributed by atoms with Crippen LogP contribution in [0.5, 0.6) is 0 Å². The third kappa shape index (κ3) is 4.18. The summed E-state index contributed by atoms with van der Waals surface area (Å²) in [5.74, 6) is 0.523. The molecule has 1 aromatic rings. The van der Waals surface area contributed by atoms with E-state index in [1.165, 1.54) is 5.92 Å². The summed E-state index contributed by atoms with van der Waals surface area (Å²) in [6.45, 7) is 2.50. The van der Waals surface area contributed by atoms with Gasteiger partial charge >= 0.3 is 6.18 Å². The van der Waals surface area contributed by atoms with E-state index < -0.39 is 29.5 Å². The van der Waals surface area contributed by atoms with Crippen LogP contribution in [0.25, 0.3) is 0 Å². The van der Waals surface area contributed by atoms with Crippen molar-refractivity contribution in [2.75, 3.05) is 6.61 Å². The van der Waals surface area contributed by atoms with Crippen molar-refractivity contribution >= 4 is 0 Å². The first-order chi connectivity index (χ1) is 9.76. The van der Waals surface area contributed by atoms with E-state index in [-0.39, 0.29) is 5.56 Å². The van der Waals surface area contributed by atoms with Gasteiger partial charge in [0.15, 0.2) is 0 Å². The average molecular weight is 304 g/mol. The van der Waals surface area contributed by atoms with E-state index in [1.54, 1.807) is 0 Å². The van der Waals surface area contributed by atoms with Crippen molar-refractivity contribution in [1.82, 2.24) is 0 Å². The minimum atomic E-state index is -4.79. The summed E-state index contributed by atoms with van der Waals surface area (Å²) >= 11 is 0. The van der Waals surface area contributed by atoms with Crippen LogP contribution in [-0.2, 0) is 4.74 Å². The van der Waals surface area contributed by atoms with E-state index in [4.69, 9.17) is 4.74 Å². The van der Waals surface area contributed by atoms with E-state index in [9.17, 15) is 22.0 Å². The predicted octanol–water partition coefficient (Wildman–Crippen LogP) is 4.37. The lowest BCUT2D eigenvalue weighted by Crippen LogP contribution is -2.18. The molecule has 1 aromatic carbocycles. The Balaban J connectivity index is 2.26. The van der Waals surface area contributed by atoms with Crippen LogP contribution in [0, 0.1) is 29.4 Å². The third-order valence-corrected chi connectivity index (χ3v) is 3.27. The molecule has 114 valence electrons. The third-order valence-electron chi connectivity index (χ3n) is 3.27. The number of ether oxygens (including phenoxy) is 1. The summed E-state index contributed by atoms with van der Waals surface area (Å²) in [6, 6.07) is 1.98. The minimum Gasteiger partial charge on any atom is -0.373 e. The molecule has 0 aromatic heterocycles. The van der Waals surface area contributed by atoms with E-state index in [0.29, 0.717) is 18.9 Å². The van der Waals surface area contributed by atoms with E-state index in [0.717, 1.165) is 24.5 Å². The lowest BCUT2D eigenvalue weighted by atomic mass is 9.95. The zero-order valence-corrected chi connectivity index (χ0v) is 11.2. The average Bonchev–Trinajstić information content (AvgIpc) is 2.37. The molecule has 0 bridgehead atoms. The first-order valence-corrected chi connectivity index (χ1v) is 6.46. The molecule has 1 nitrogen and oxygen atoms in total. The van der Waals surface area contributed by atoms with Crippen molar-refractivity contribution in [3.8, 4) is 11.8 Å². The summed E-state index contributed by atoms with van der Waals surface area (Å²) < 4.78 is 68.9. The molecule has 1 saturated heterocycles. The molecule has 0 radical (unpaired) electrons. The molecule has 1 fully saturated rings. The Kier molecular flexibility index (Phi) is 4.52. The zero-order valence-electron chi connectivity index (χ0n) is 11.2. The van der Waals surface area contributed by atoms with Crippen LogP contribution in [0.15, 0.2) is 12.1 Å². The second kappa shape index (κ2) is 6.02. The van der Waals surface area contributed by atoms with Gasteiger partial charge < -0.3 is 4.74 Å². The molecule has 2 atom stereocenters. The number of benzene rings is 1. The normalized spacial score (nSPS) is 22.6. The molecule has 0 spiro atoms. The van der Waals surface area contributed by atoms with Crippen molar-refractivity contribution in [3.05, 3.63) is 34.9 Å². The van der Waals surface area contributed by atoms with Crippen LogP contribution in [0.4, 0.5) is 22.0 Å². The maximum atomic E-state index is 13.8. The number of alkyl halides is 3. The Hall–Kier alpha value is -1.61. The fraction of sp³-hybridized carbons (Fsp3) is 0.467. The molecule has 0 amide bonds. The SMILES string of the molecule is CC1CCC(c2cc(F)c(C#CC(F)(F)F)c(F)c2)OC1. The maximum Gasteiger partial charge on any atom is 0.458 e. The summed E-state index contributed by atoms with van der Waals surface area (Å²) in [4.78, 5) is 0. The maximum absolute atomic E-state index is 13.8. The molecule has 1 heterocycles. The molecule has 2 rings (SSSR count). The molecular weight excluding hydrogens is 291 g/mol. The summed E-state index contributed by atoms with van der Waals surface area (Å²) in [5.41, 5.74) is -0.588. The fourth-order valence-corrected chi connectivity index (χ4v) is 2.18. The topological polar surface area (TPSA) is 9.23 Å². The predicted molar refractivity (Wildman–Crippen MR) is 66.4 cm³/mol. The van der Waals surface area contributed by atoms with Crippen molar-refractivity contribution in [2.45, 2.75) is 32.0 Å². The summed E-state index contributed by atoms with van der Waals surface area (Å²) in [5, 5.41) is 0. The van der Waals surface area contributed by atoms with Gasteiger partial charge in [0.2, 0.25) is 0 Å². The Labute approximate surface area is 119 Å². The van der Waals surface area contributed by atoms with Gasteiger partial charge in [0.05, 0.1) is 11.7 Å². The van der Waals surface area contributed by atoms with Crippen LogP contribution in [0.3, 0.4) is 0 Å². The van der Waals surface area contributed by atoms with Crippen LogP contribution in [0.1, 0.15) is 37.0 Å². The molecule has 2 unspecified atom stereocenters. The first-order valence-electron chi connectivity index (χ1n) is 6.46. The second-order valence-electron chi connectivity index (χ2n) is 5.11. The molecule has 0 N–H and O–H groups in total. The minimum absolute atomic E-state index is 0.287. The largest absolute Gasteiger partial charge is 0.458 e. The highest BCUT2D eigenvalue weighted by Crippen LogP contribution is 2.31. The van der Waals surface area contributed by atoms with Crippen LogP contribution >= 0.6 is 0 Å². The van der Waals surface area contributed by atoms with Gasteiger partial charge in [-0.25, -0.2) is 8.78 Å². The Bertz CT molecular complexity index is 551. The highest BCUT2D eigenvalue weighted by Gasteiger charge is 2.25. The summed E-state index contributed by atoms with van der Waals surface area (Å²) in [7, 11) is 0. The van der Waals surface area contributed by atoms with Crippen LogP contribution in [-0.4, -0.2) is 12.8 Å². The summed E-state index contributed by atoms with van der Waals surface area (Å²) in [6.07, 6.45) is -3.74. The van der Waals surface area contributed by atoms with Crippen LogP contribution < -0.4 is 0 Å². The van der Waals surface area contributed by atoms with Gasteiger partial charge in [0.25, 0.3) is 0 Å². The molecule has 1 aliphatic rings. The molecule has 6 heteroatoms. The molecule has 0 aliphatic carbocycles. The van der Waals surface area contributed by atoms with Gasteiger partial charge in [-0.2, -0.15) is 13.2 Å². The van der Waals surface area contributed by atoms with E-state index >= 15 is 0 Å². The number of halogens is 5. The Morgan fingerprint density at radius 2 is 1.76 bits per heavy atom. The fourth-order valence-electron chi connectivity index (χ4n) is 2.18. The van der Waals surface area contributed by atoms with Gasteiger partial charge in [-0.05, 0) is 36.5 Å². The van der Waals surface area contributed by atoms with Crippen LogP contribution in [0.2, 0.25) is 0 Å². The van der Waals surface area contributed by atoms with Gasteiger partial charge in [-0.3, -0.25) is 0 Å². The quantitative estimate of drug-likeness (QED) is 0.553. The molecule has 0 saturated carbocycles. The number of hydrogen-bond acceptors (Lipinski definition) is 1. The van der Waals surface area contributed by atoms with E-state index in [2.05, 4.69) is 0 Å². The van der Waals surface area contributed by atoms with Gasteiger partial charge in [0, 0.05) is 12.5 Å². The van der Waals surface area contributed by atoms with Crippen molar-refractivity contribution in [1.29, 1.82) is 0 Å². The lowest BCUT2D eigenvalue weighted by molar-refractivity contribution is -0.0696. The highest BCUT2D eigenvalue weighted by molar-refractivity contribution is 5.40. The number of rotatable bonds is 1. The Morgan fingerprint density at radius 3 is 2.24 bits per heavy atom. The molecular formula is C15H13F5O. The lowest BCUT2D eigenvalue weighted by Gasteiger charge is -2.27. The zero-order chi connectivity index (χ0) is 15.6. The van der Waals surface area contributed by atoms with Crippen molar-refractivity contribution in [3.63, 3.8) is 0 Å². The van der Waals surface area contributed by atoms with Gasteiger partial charge in [0.1, 0.15) is 11.6 Å².